The Hall–Kier alpha value is -1.11. The maximum atomic E-state index is 10.8. The maximum Gasteiger partial charge on any atom is 0.162 e. The second-order valence-corrected chi connectivity index (χ2v) is 6.39. The van der Waals surface area contributed by atoms with E-state index in [9.17, 15) is 5.11 Å². The van der Waals surface area contributed by atoms with Crippen molar-refractivity contribution in [3.8, 4) is 5.75 Å². The molecule has 0 aliphatic heterocycles. The van der Waals surface area contributed by atoms with Crippen LogP contribution in [0.3, 0.4) is 0 Å². The molecular weight excluding hydrogens is 268 g/mol. The Morgan fingerprint density at radius 1 is 1.48 bits per heavy atom. The van der Waals surface area contributed by atoms with Crippen LogP contribution in [-0.4, -0.2) is 60.6 Å². The Kier molecular flexibility index (Phi) is 6.64. The molecule has 0 amide bonds. The number of likely N-dealkylation sites (N-methyl/N-ethyl adjacent to an activating group) is 1. The summed E-state index contributed by atoms with van der Waals surface area (Å²) < 4.78 is 7.19. The lowest BCUT2D eigenvalue weighted by Gasteiger charge is -2.26. The van der Waals surface area contributed by atoms with Gasteiger partial charge >= 0.3 is 0 Å². The summed E-state index contributed by atoms with van der Waals surface area (Å²) in [5, 5.41) is 18.5. The fourth-order valence-electron chi connectivity index (χ4n) is 2.21. The molecule has 2 N–H and O–H groups in total. The van der Waals surface area contributed by atoms with Gasteiger partial charge in [0.2, 0.25) is 0 Å². The third-order valence-corrected chi connectivity index (χ3v) is 3.32. The summed E-state index contributed by atoms with van der Waals surface area (Å²) in [5.74, 6) is 1.17. The smallest absolute Gasteiger partial charge is 0.162 e. The molecule has 1 heterocycles. The molecule has 0 spiro atoms. The highest BCUT2D eigenvalue weighted by molar-refractivity contribution is 5.30. The van der Waals surface area contributed by atoms with Crippen LogP contribution in [0.5, 0.6) is 5.75 Å². The number of nitrogens with one attached hydrogen (secondary N) is 1. The lowest BCUT2D eigenvalue weighted by Crippen LogP contribution is -2.39. The molecule has 1 unspecified atom stereocenters. The lowest BCUT2D eigenvalue weighted by atomic mass is 10.0. The van der Waals surface area contributed by atoms with Crippen LogP contribution in [0.15, 0.2) is 6.20 Å². The zero-order chi connectivity index (χ0) is 16.0. The molecule has 122 valence electrons. The van der Waals surface area contributed by atoms with Gasteiger partial charge in [0.15, 0.2) is 5.75 Å². The average molecular weight is 298 g/mol. The minimum atomic E-state index is -1.02. The average Bonchev–Trinajstić information content (AvgIpc) is 2.79. The van der Waals surface area contributed by atoms with E-state index in [0.717, 1.165) is 18.8 Å². The number of nitrogens with zero attached hydrogens (tertiary/aromatic N) is 3. The summed E-state index contributed by atoms with van der Waals surface area (Å²) in [6.07, 6.45) is 1.67. The molecule has 21 heavy (non-hydrogen) atoms. The van der Waals surface area contributed by atoms with Crippen molar-refractivity contribution in [3.63, 3.8) is 0 Å². The Morgan fingerprint density at radius 2 is 2.14 bits per heavy atom. The van der Waals surface area contributed by atoms with E-state index in [-0.39, 0.29) is 0 Å². The van der Waals surface area contributed by atoms with Gasteiger partial charge in [0, 0.05) is 13.1 Å². The summed E-state index contributed by atoms with van der Waals surface area (Å²) in [6.45, 7) is 8.98. The van der Waals surface area contributed by atoms with Gasteiger partial charge in [-0.3, -0.25) is 4.68 Å². The summed E-state index contributed by atoms with van der Waals surface area (Å²) in [4.78, 5) is 2.09. The largest absolute Gasteiger partial charge is 0.493 e. The predicted molar refractivity (Wildman–Crippen MR) is 84.6 cm³/mol. The van der Waals surface area contributed by atoms with Crippen LogP contribution >= 0.6 is 0 Å². The summed E-state index contributed by atoms with van der Waals surface area (Å²) in [7, 11) is 5.64. The quantitative estimate of drug-likeness (QED) is 0.709. The number of methoxy groups -OCH3 is 1. The van der Waals surface area contributed by atoms with Crippen molar-refractivity contribution >= 4 is 0 Å². The van der Waals surface area contributed by atoms with Gasteiger partial charge in [0.25, 0.3) is 0 Å². The molecule has 0 bridgehead atoms. The van der Waals surface area contributed by atoms with Gasteiger partial charge in [-0.25, -0.2) is 0 Å². The minimum absolute atomic E-state index is 0.467. The number of rotatable bonds is 9. The molecule has 0 aliphatic rings. The monoisotopic (exact) mass is 298 g/mol. The van der Waals surface area contributed by atoms with Gasteiger partial charge < -0.3 is 20.1 Å². The van der Waals surface area contributed by atoms with Crippen molar-refractivity contribution < 1.29 is 9.84 Å². The fraction of sp³-hybridized carbons (Fsp3) is 0.800. The molecule has 1 aromatic rings. The highest BCUT2D eigenvalue weighted by Gasteiger charge is 2.31. The molecule has 6 heteroatoms. The van der Waals surface area contributed by atoms with E-state index < -0.39 is 5.60 Å². The molecule has 0 aliphatic carbocycles. The molecule has 1 aromatic heterocycles. The van der Waals surface area contributed by atoms with E-state index in [2.05, 4.69) is 29.2 Å². The molecular formula is C15H30N4O2. The first-order valence-corrected chi connectivity index (χ1v) is 7.46. The van der Waals surface area contributed by atoms with Gasteiger partial charge in [-0.2, -0.15) is 5.10 Å². The summed E-state index contributed by atoms with van der Waals surface area (Å²) in [6, 6.07) is 0. The van der Waals surface area contributed by atoms with Gasteiger partial charge in [0.05, 0.1) is 19.9 Å². The highest BCUT2D eigenvalue weighted by atomic mass is 16.5. The zero-order valence-electron chi connectivity index (χ0n) is 14.2. The first-order valence-electron chi connectivity index (χ1n) is 7.46. The van der Waals surface area contributed by atoms with E-state index in [0.29, 0.717) is 24.8 Å². The summed E-state index contributed by atoms with van der Waals surface area (Å²) >= 11 is 0. The highest BCUT2D eigenvalue weighted by Crippen LogP contribution is 2.29. The SMILES string of the molecule is COc1cnn(CCN(C)C)c1C(C)(O)CNCC(C)C. The first kappa shape index (κ1) is 17.9. The molecule has 0 saturated carbocycles. The zero-order valence-corrected chi connectivity index (χ0v) is 14.2. The van der Waals surface area contributed by atoms with Gasteiger partial charge in [0.1, 0.15) is 11.3 Å². The second kappa shape index (κ2) is 7.77. The molecule has 6 nitrogen and oxygen atoms in total. The van der Waals surface area contributed by atoms with Crippen molar-refractivity contribution in [1.82, 2.24) is 20.0 Å². The Morgan fingerprint density at radius 3 is 2.67 bits per heavy atom. The normalized spacial score (nSPS) is 14.7. The Labute approximate surface area is 128 Å². The Bertz CT molecular complexity index is 427. The van der Waals surface area contributed by atoms with Crippen LogP contribution in [0.1, 0.15) is 26.5 Å². The van der Waals surface area contributed by atoms with E-state index in [1.165, 1.54) is 0 Å². The van der Waals surface area contributed by atoms with Crippen molar-refractivity contribution in [2.24, 2.45) is 5.92 Å². The number of hydrogen-bond acceptors (Lipinski definition) is 5. The third kappa shape index (κ3) is 5.30. The van der Waals surface area contributed by atoms with Crippen LogP contribution < -0.4 is 10.1 Å². The van der Waals surface area contributed by atoms with Crippen molar-refractivity contribution in [2.75, 3.05) is 40.8 Å². The van der Waals surface area contributed by atoms with Crippen LogP contribution in [0.4, 0.5) is 0 Å². The van der Waals surface area contributed by atoms with Crippen molar-refractivity contribution in [3.05, 3.63) is 11.9 Å². The molecule has 0 radical (unpaired) electrons. The third-order valence-electron chi connectivity index (χ3n) is 3.32. The van der Waals surface area contributed by atoms with E-state index >= 15 is 0 Å². The van der Waals surface area contributed by atoms with Gasteiger partial charge in [-0.1, -0.05) is 13.8 Å². The van der Waals surface area contributed by atoms with Crippen LogP contribution in [0.2, 0.25) is 0 Å². The Balaban J connectivity index is 2.88. The number of ether oxygens (including phenoxy) is 1. The van der Waals surface area contributed by atoms with Crippen LogP contribution in [-0.2, 0) is 12.1 Å². The molecule has 1 rings (SSSR count). The predicted octanol–water partition coefficient (Wildman–Crippen LogP) is 0.906. The molecule has 0 fully saturated rings. The molecule has 0 saturated heterocycles. The van der Waals surface area contributed by atoms with Gasteiger partial charge in [-0.15, -0.1) is 0 Å². The minimum Gasteiger partial charge on any atom is -0.493 e. The topological polar surface area (TPSA) is 62.5 Å². The fourth-order valence-corrected chi connectivity index (χ4v) is 2.21. The first-order chi connectivity index (χ1) is 9.77. The number of aromatic nitrogens is 2. The number of aliphatic hydroxyl groups is 1. The van der Waals surface area contributed by atoms with Crippen LogP contribution in [0, 0.1) is 5.92 Å². The van der Waals surface area contributed by atoms with E-state index in [1.54, 1.807) is 20.2 Å². The summed E-state index contributed by atoms with van der Waals surface area (Å²) in [5.41, 5.74) is -0.300. The molecule has 1 atom stereocenters. The second-order valence-electron chi connectivity index (χ2n) is 6.39. The lowest BCUT2D eigenvalue weighted by molar-refractivity contribution is 0.0439. The van der Waals surface area contributed by atoms with Gasteiger partial charge in [-0.05, 0) is 33.5 Å². The number of hydrogen-bond donors (Lipinski definition) is 2. The van der Waals surface area contributed by atoms with Crippen LogP contribution in [0.25, 0.3) is 0 Å². The maximum absolute atomic E-state index is 10.8. The van der Waals surface area contributed by atoms with E-state index in [4.69, 9.17) is 4.74 Å². The molecule has 0 aromatic carbocycles. The van der Waals surface area contributed by atoms with Crippen molar-refractivity contribution in [1.29, 1.82) is 0 Å². The van der Waals surface area contributed by atoms with E-state index in [1.807, 2.05) is 18.8 Å². The van der Waals surface area contributed by atoms with Crippen molar-refractivity contribution in [2.45, 2.75) is 32.9 Å². The standard InChI is InChI=1S/C15H30N4O2/c1-12(2)9-16-11-15(3,20)14-13(21-6)10-17-19(14)8-7-18(4)5/h10,12,16,20H,7-9,11H2,1-6H3.